The normalized spacial score (nSPS) is 26.5. The van der Waals surface area contributed by atoms with E-state index in [4.69, 9.17) is 4.74 Å². The van der Waals surface area contributed by atoms with Gasteiger partial charge in [0.1, 0.15) is 12.4 Å². The average Bonchev–Trinajstić information content (AvgIpc) is 2.95. The molecule has 0 N–H and O–H groups in total. The third-order valence-corrected chi connectivity index (χ3v) is 5.42. The second kappa shape index (κ2) is 6.71. The topological polar surface area (TPSA) is 48.5 Å². The maximum atomic E-state index is 12.5. The van der Waals surface area contributed by atoms with E-state index in [1.54, 1.807) is 6.20 Å². The lowest BCUT2D eigenvalue weighted by atomic mass is 9.81. The molecule has 25 heavy (non-hydrogen) atoms. The molecule has 5 nitrogen and oxygen atoms in total. The first-order chi connectivity index (χ1) is 11.7. The zero-order chi connectivity index (χ0) is 18.2. The summed E-state index contributed by atoms with van der Waals surface area (Å²) in [5, 5.41) is 13.7. The minimum atomic E-state index is -0.527. The van der Waals surface area contributed by atoms with Crippen LogP contribution in [-0.4, -0.2) is 52.3 Å². The first-order valence-electron chi connectivity index (χ1n) is 9.17. The van der Waals surface area contributed by atoms with E-state index in [0.29, 0.717) is 19.1 Å². The molecule has 1 aromatic heterocycles. The number of pyridine rings is 1. The van der Waals surface area contributed by atoms with Gasteiger partial charge in [-0.05, 0) is 77.8 Å². The summed E-state index contributed by atoms with van der Waals surface area (Å²) in [6.07, 6.45) is 8.85. The van der Waals surface area contributed by atoms with Gasteiger partial charge in [-0.25, -0.2) is 0 Å². The number of hydroxylamine groups is 2. The molecule has 1 radical (unpaired) electrons. The molecule has 0 bridgehead atoms. The molecular weight excluding hydrogens is 314 g/mol. The number of rotatable bonds is 4. The van der Waals surface area contributed by atoms with E-state index in [1.807, 2.05) is 33.9 Å². The largest absolute Gasteiger partial charge is 0.490 e. The third kappa shape index (κ3) is 3.89. The molecule has 0 spiro atoms. The van der Waals surface area contributed by atoms with Gasteiger partial charge in [0.25, 0.3) is 0 Å². The summed E-state index contributed by atoms with van der Waals surface area (Å²) in [6.45, 7) is 9.77. The number of ether oxygens (including phenoxy) is 1. The third-order valence-electron chi connectivity index (χ3n) is 5.42. The number of nitrogens with zero attached hydrogens (tertiary/aromatic N) is 3. The van der Waals surface area contributed by atoms with Crippen molar-refractivity contribution < 1.29 is 9.94 Å². The zero-order valence-corrected chi connectivity index (χ0v) is 16.1. The molecule has 0 aromatic carbocycles. The summed E-state index contributed by atoms with van der Waals surface area (Å²) >= 11 is 0. The van der Waals surface area contributed by atoms with Crippen molar-refractivity contribution in [3.05, 3.63) is 30.1 Å². The fourth-order valence-electron chi connectivity index (χ4n) is 4.10. The Balaban J connectivity index is 1.77. The Morgan fingerprint density at radius 2 is 2.04 bits per heavy atom. The molecule has 2 aliphatic rings. The Hall–Kier alpha value is -1.43. The molecule has 1 fully saturated rings. The van der Waals surface area contributed by atoms with Crippen molar-refractivity contribution in [1.82, 2.24) is 14.9 Å². The fraction of sp³-hybridized carbons (Fsp3) is 0.650. The van der Waals surface area contributed by atoms with E-state index >= 15 is 0 Å². The predicted molar refractivity (Wildman–Crippen MR) is 98.7 cm³/mol. The van der Waals surface area contributed by atoms with Crippen LogP contribution >= 0.6 is 0 Å². The molecule has 1 atom stereocenters. The summed E-state index contributed by atoms with van der Waals surface area (Å²) in [5.41, 5.74) is 1.25. The van der Waals surface area contributed by atoms with Gasteiger partial charge in [-0.15, -0.1) is 10.3 Å². The second-order valence-electron chi connectivity index (χ2n) is 8.60. The van der Waals surface area contributed by atoms with E-state index in [1.165, 1.54) is 17.9 Å². The van der Waals surface area contributed by atoms with Crippen molar-refractivity contribution in [3.8, 4) is 5.75 Å². The number of aromatic nitrogens is 1. The van der Waals surface area contributed by atoms with Gasteiger partial charge in [0.2, 0.25) is 0 Å². The highest BCUT2D eigenvalue weighted by molar-refractivity contribution is 5.69. The van der Waals surface area contributed by atoms with E-state index in [-0.39, 0.29) is 0 Å². The van der Waals surface area contributed by atoms with Gasteiger partial charge >= 0.3 is 0 Å². The van der Waals surface area contributed by atoms with Crippen molar-refractivity contribution >= 4 is 5.57 Å². The van der Waals surface area contributed by atoms with E-state index in [0.717, 1.165) is 23.4 Å². The van der Waals surface area contributed by atoms with Crippen LogP contribution in [0.2, 0.25) is 0 Å². The van der Waals surface area contributed by atoms with Gasteiger partial charge in [-0.3, -0.25) is 4.98 Å². The molecule has 0 aliphatic carbocycles. The van der Waals surface area contributed by atoms with E-state index in [9.17, 15) is 5.21 Å². The van der Waals surface area contributed by atoms with E-state index < -0.39 is 11.1 Å². The van der Waals surface area contributed by atoms with Crippen molar-refractivity contribution in [1.29, 1.82) is 0 Å². The van der Waals surface area contributed by atoms with Gasteiger partial charge in [0.15, 0.2) is 0 Å². The van der Waals surface area contributed by atoms with Crippen LogP contribution in [0, 0.1) is 0 Å². The quantitative estimate of drug-likeness (QED) is 0.838. The Kier molecular flexibility index (Phi) is 4.93. The Labute approximate surface area is 151 Å². The Morgan fingerprint density at radius 1 is 1.28 bits per heavy atom. The Morgan fingerprint density at radius 3 is 2.68 bits per heavy atom. The Bertz CT molecular complexity index is 654. The lowest BCUT2D eigenvalue weighted by Gasteiger charge is -2.45. The SMILES string of the molecule is CN1CCC[C@H]1COc1cncc(C2=CC(C)(C)N([O])C(C)(C)C2)c1. The molecule has 1 aromatic rings. The highest BCUT2D eigenvalue weighted by atomic mass is 16.5. The smallest absolute Gasteiger partial charge is 0.138 e. The number of hydrogen-bond donors (Lipinski definition) is 0. The summed E-state index contributed by atoms with van der Waals surface area (Å²) < 4.78 is 6.01. The van der Waals surface area contributed by atoms with Gasteiger partial charge in [-0.2, -0.15) is 0 Å². The van der Waals surface area contributed by atoms with Crippen LogP contribution in [0.5, 0.6) is 5.75 Å². The predicted octanol–water partition coefficient (Wildman–Crippen LogP) is 3.55. The molecule has 137 valence electrons. The molecule has 3 rings (SSSR count). The van der Waals surface area contributed by atoms with Crippen LogP contribution in [0.15, 0.2) is 24.5 Å². The first kappa shape index (κ1) is 18.4. The summed E-state index contributed by atoms with van der Waals surface area (Å²) in [7, 11) is 2.15. The molecule has 1 saturated heterocycles. The molecule has 3 heterocycles. The van der Waals surface area contributed by atoms with Crippen LogP contribution in [0.1, 0.15) is 52.5 Å². The molecule has 2 aliphatic heterocycles. The lowest BCUT2D eigenvalue weighted by Crippen LogP contribution is -2.54. The minimum absolute atomic E-state index is 0.434. The second-order valence-corrected chi connectivity index (χ2v) is 8.60. The van der Waals surface area contributed by atoms with Crippen LogP contribution in [0.25, 0.3) is 5.57 Å². The van der Waals surface area contributed by atoms with Gasteiger partial charge < -0.3 is 9.64 Å². The van der Waals surface area contributed by atoms with Gasteiger partial charge in [-0.1, -0.05) is 6.08 Å². The van der Waals surface area contributed by atoms with Crippen molar-refractivity contribution in [2.75, 3.05) is 20.2 Å². The average molecular weight is 344 g/mol. The standard InChI is InChI=1S/C20H30N3O2/c1-19(2)10-16(11-20(3,4)23(19)24)15-9-18(13-21-12-15)25-14-17-7-6-8-22(17)5/h9-10,12-13,17H,6-8,11,14H2,1-5H3/t17-/m0/s1. The van der Waals surface area contributed by atoms with Crippen LogP contribution in [-0.2, 0) is 5.21 Å². The van der Waals surface area contributed by atoms with Crippen molar-refractivity contribution in [2.24, 2.45) is 0 Å². The van der Waals surface area contributed by atoms with Crippen LogP contribution in [0.4, 0.5) is 0 Å². The fourth-order valence-corrected chi connectivity index (χ4v) is 4.10. The molecule has 0 unspecified atom stereocenters. The maximum Gasteiger partial charge on any atom is 0.138 e. The minimum Gasteiger partial charge on any atom is -0.490 e. The number of likely N-dealkylation sites (N-methyl/N-ethyl adjacent to an activating group) is 1. The van der Waals surface area contributed by atoms with E-state index in [2.05, 4.69) is 29.1 Å². The summed E-state index contributed by atoms with van der Waals surface area (Å²) in [6, 6.07) is 2.55. The zero-order valence-electron chi connectivity index (χ0n) is 16.1. The van der Waals surface area contributed by atoms with Crippen LogP contribution < -0.4 is 4.74 Å². The van der Waals surface area contributed by atoms with Crippen molar-refractivity contribution in [2.45, 2.75) is 64.1 Å². The molecule has 0 amide bonds. The molecule has 5 heteroatoms. The first-order valence-corrected chi connectivity index (χ1v) is 9.17. The summed E-state index contributed by atoms with van der Waals surface area (Å²) in [5.74, 6) is 0.805. The van der Waals surface area contributed by atoms with Gasteiger partial charge in [0.05, 0.1) is 11.7 Å². The van der Waals surface area contributed by atoms with Gasteiger partial charge in [0, 0.05) is 17.8 Å². The summed E-state index contributed by atoms with van der Waals surface area (Å²) in [4.78, 5) is 6.72. The highest BCUT2D eigenvalue weighted by Crippen LogP contribution is 2.40. The van der Waals surface area contributed by atoms with Crippen molar-refractivity contribution in [3.63, 3.8) is 0 Å². The molecule has 0 saturated carbocycles. The lowest BCUT2D eigenvalue weighted by molar-refractivity contribution is -0.260. The van der Waals surface area contributed by atoms with Crippen LogP contribution in [0.3, 0.4) is 0 Å². The number of likely N-dealkylation sites (tertiary alicyclic amines) is 1. The maximum absolute atomic E-state index is 12.5. The highest BCUT2D eigenvalue weighted by Gasteiger charge is 2.42. The molecular formula is C20H30N3O2. The monoisotopic (exact) mass is 344 g/mol. The number of hydrogen-bond acceptors (Lipinski definition) is 4.